The molecule has 0 aliphatic carbocycles. The first kappa shape index (κ1) is 11.4. The highest BCUT2D eigenvalue weighted by atomic mass is 32.1. The van der Waals surface area contributed by atoms with Crippen LogP contribution in [0.4, 0.5) is 0 Å². The van der Waals surface area contributed by atoms with Crippen LogP contribution in [-0.2, 0) is 5.54 Å². The molecule has 1 aromatic heterocycles. The van der Waals surface area contributed by atoms with Gasteiger partial charge in [-0.15, -0.1) is 11.3 Å². The molecule has 2 N–H and O–H groups in total. The van der Waals surface area contributed by atoms with Gasteiger partial charge in [-0.2, -0.15) is 0 Å². The van der Waals surface area contributed by atoms with Gasteiger partial charge in [0.15, 0.2) is 0 Å². The number of aryl methyl sites for hydroxylation is 1. The van der Waals surface area contributed by atoms with E-state index in [1.807, 2.05) is 18.2 Å². The van der Waals surface area contributed by atoms with Crippen LogP contribution < -0.4 is 5.73 Å². The number of benzene rings is 1. The molecular formula is C14H17NS. The number of nitrogens with two attached hydrogens (primary N) is 1. The topological polar surface area (TPSA) is 26.0 Å². The summed E-state index contributed by atoms with van der Waals surface area (Å²) in [5, 5.41) is 2.17. The molecule has 0 fully saturated rings. The molecule has 0 saturated carbocycles. The fraction of sp³-hybridized carbons (Fsp3) is 0.286. The minimum absolute atomic E-state index is 0.341. The molecule has 84 valence electrons. The summed E-state index contributed by atoms with van der Waals surface area (Å²) in [6.45, 7) is 4.26. The predicted octanol–water partition coefficient (Wildman–Crippen LogP) is 3.67. The van der Waals surface area contributed by atoms with Crippen molar-refractivity contribution in [2.24, 2.45) is 5.73 Å². The highest BCUT2D eigenvalue weighted by Gasteiger charge is 2.27. The van der Waals surface area contributed by atoms with Crippen molar-refractivity contribution in [3.8, 4) is 0 Å². The summed E-state index contributed by atoms with van der Waals surface area (Å²) in [5.41, 5.74) is 8.63. The largest absolute Gasteiger partial charge is 0.318 e. The third-order valence-electron chi connectivity index (χ3n) is 3.09. The highest BCUT2D eigenvalue weighted by Crippen LogP contribution is 2.32. The molecule has 0 bridgehead atoms. The van der Waals surface area contributed by atoms with Crippen LogP contribution in [0.15, 0.2) is 41.8 Å². The van der Waals surface area contributed by atoms with E-state index < -0.39 is 0 Å². The van der Waals surface area contributed by atoms with Gasteiger partial charge in [-0.1, -0.05) is 37.3 Å². The normalized spacial score (nSPS) is 14.7. The number of hydrogen-bond donors (Lipinski definition) is 1. The Kier molecular flexibility index (Phi) is 3.13. The van der Waals surface area contributed by atoms with Gasteiger partial charge in [0.05, 0.1) is 5.54 Å². The number of rotatable bonds is 3. The van der Waals surface area contributed by atoms with E-state index in [-0.39, 0.29) is 5.54 Å². The van der Waals surface area contributed by atoms with Crippen LogP contribution in [0.1, 0.15) is 29.3 Å². The molecule has 1 heterocycles. The van der Waals surface area contributed by atoms with Crippen LogP contribution in [0.25, 0.3) is 0 Å². The van der Waals surface area contributed by atoms with Crippen molar-refractivity contribution < 1.29 is 0 Å². The van der Waals surface area contributed by atoms with E-state index in [4.69, 9.17) is 5.73 Å². The average molecular weight is 231 g/mol. The SMILES string of the molecule is CCC(N)(c1ccccc1)c1csc(C)c1. The second-order valence-electron chi connectivity index (χ2n) is 4.14. The molecule has 0 amide bonds. The number of thiophene rings is 1. The maximum atomic E-state index is 6.56. The molecule has 2 rings (SSSR count). The van der Waals surface area contributed by atoms with E-state index in [1.54, 1.807) is 11.3 Å². The van der Waals surface area contributed by atoms with Gasteiger partial charge in [0.1, 0.15) is 0 Å². The summed E-state index contributed by atoms with van der Waals surface area (Å²) in [7, 11) is 0. The Labute approximate surface area is 101 Å². The van der Waals surface area contributed by atoms with Gasteiger partial charge in [-0.3, -0.25) is 0 Å². The van der Waals surface area contributed by atoms with Crippen molar-refractivity contribution in [3.63, 3.8) is 0 Å². The van der Waals surface area contributed by atoms with Gasteiger partial charge in [-0.05, 0) is 35.9 Å². The van der Waals surface area contributed by atoms with Crippen LogP contribution >= 0.6 is 11.3 Å². The minimum Gasteiger partial charge on any atom is -0.318 e. The molecule has 0 radical (unpaired) electrons. The summed E-state index contributed by atoms with van der Waals surface area (Å²) in [6, 6.07) is 12.5. The maximum Gasteiger partial charge on any atom is 0.0671 e. The lowest BCUT2D eigenvalue weighted by atomic mass is 9.83. The number of hydrogen-bond acceptors (Lipinski definition) is 2. The molecule has 0 saturated heterocycles. The molecule has 0 spiro atoms. The van der Waals surface area contributed by atoms with Gasteiger partial charge >= 0.3 is 0 Å². The van der Waals surface area contributed by atoms with Gasteiger partial charge in [-0.25, -0.2) is 0 Å². The Morgan fingerprint density at radius 3 is 2.38 bits per heavy atom. The molecule has 0 aliphatic heterocycles. The van der Waals surface area contributed by atoms with E-state index >= 15 is 0 Å². The van der Waals surface area contributed by atoms with E-state index in [2.05, 4.69) is 37.4 Å². The quantitative estimate of drug-likeness (QED) is 0.857. The lowest BCUT2D eigenvalue weighted by Crippen LogP contribution is -2.36. The highest BCUT2D eigenvalue weighted by molar-refractivity contribution is 7.10. The van der Waals surface area contributed by atoms with E-state index in [9.17, 15) is 0 Å². The minimum atomic E-state index is -0.341. The molecule has 1 atom stereocenters. The Balaban J connectivity index is 2.48. The molecule has 2 heteroatoms. The van der Waals surface area contributed by atoms with Crippen molar-refractivity contribution in [3.05, 3.63) is 57.8 Å². The molecule has 1 aromatic carbocycles. The first-order chi connectivity index (χ1) is 7.66. The monoisotopic (exact) mass is 231 g/mol. The third-order valence-corrected chi connectivity index (χ3v) is 3.95. The lowest BCUT2D eigenvalue weighted by Gasteiger charge is -2.28. The van der Waals surface area contributed by atoms with Crippen LogP contribution in [0.2, 0.25) is 0 Å². The van der Waals surface area contributed by atoms with Crippen molar-refractivity contribution in [2.45, 2.75) is 25.8 Å². The fourth-order valence-electron chi connectivity index (χ4n) is 1.99. The zero-order valence-corrected chi connectivity index (χ0v) is 10.6. The molecule has 16 heavy (non-hydrogen) atoms. The predicted molar refractivity (Wildman–Crippen MR) is 70.8 cm³/mol. The summed E-state index contributed by atoms with van der Waals surface area (Å²) in [6.07, 6.45) is 0.910. The van der Waals surface area contributed by atoms with Crippen molar-refractivity contribution in [1.29, 1.82) is 0 Å². The molecule has 1 nitrogen and oxygen atoms in total. The standard InChI is InChI=1S/C14H17NS/c1-3-14(15,12-7-5-4-6-8-12)13-9-11(2)16-10-13/h4-10H,3,15H2,1-2H3. The zero-order valence-electron chi connectivity index (χ0n) is 9.73. The van der Waals surface area contributed by atoms with E-state index in [0.717, 1.165) is 6.42 Å². The smallest absolute Gasteiger partial charge is 0.0671 e. The zero-order chi connectivity index (χ0) is 11.6. The summed E-state index contributed by atoms with van der Waals surface area (Å²) in [4.78, 5) is 1.31. The van der Waals surface area contributed by atoms with Crippen molar-refractivity contribution in [2.75, 3.05) is 0 Å². The average Bonchev–Trinajstić information content (AvgIpc) is 2.76. The van der Waals surface area contributed by atoms with E-state index in [0.29, 0.717) is 0 Å². The third kappa shape index (κ3) is 1.91. The van der Waals surface area contributed by atoms with Gasteiger partial charge < -0.3 is 5.73 Å². The maximum absolute atomic E-state index is 6.56. The van der Waals surface area contributed by atoms with Gasteiger partial charge in [0.2, 0.25) is 0 Å². The summed E-state index contributed by atoms with van der Waals surface area (Å²) in [5.74, 6) is 0. The van der Waals surface area contributed by atoms with Crippen LogP contribution in [-0.4, -0.2) is 0 Å². The van der Waals surface area contributed by atoms with Gasteiger partial charge in [0.25, 0.3) is 0 Å². The van der Waals surface area contributed by atoms with E-state index in [1.165, 1.54) is 16.0 Å². The Morgan fingerprint density at radius 2 is 1.88 bits per heavy atom. The Hall–Kier alpha value is -1.12. The van der Waals surface area contributed by atoms with Gasteiger partial charge in [0, 0.05) is 4.88 Å². The first-order valence-corrected chi connectivity index (χ1v) is 6.45. The molecule has 0 aliphatic rings. The summed E-state index contributed by atoms with van der Waals surface area (Å²) >= 11 is 1.76. The van der Waals surface area contributed by atoms with Crippen molar-refractivity contribution in [1.82, 2.24) is 0 Å². The van der Waals surface area contributed by atoms with Crippen LogP contribution in [0.5, 0.6) is 0 Å². The summed E-state index contributed by atoms with van der Waals surface area (Å²) < 4.78 is 0. The Bertz CT molecular complexity index is 461. The second-order valence-corrected chi connectivity index (χ2v) is 5.25. The molecule has 2 aromatic rings. The van der Waals surface area contributed by atoms with Crippen molar-refractivity contribution >= 4 is 11.3 Å². The second kappa shape index (κ2) is 4.40. The first-order valence-electron chi connectivity index (χ1n) is 5.57. The van der Waals surface area contributed by atoms with Crippen LogP contribution in [0.3, 0.4) is 0 Å². The lowest BCUT2D eigenvalue weighted by molar-refractivity contribution is 0.521. The van der Waals surface area contributed by atoms with Crippen LogP contribution in [0, 0.1) is 6.92 Å². The fourth-order valence-corrected chi connectivity index (χ4v) is 2.77. The Morgan fingerprint density at radius 1 is 1.19 bits per heavy atom. The molecule has 1 unspecified atom stereocenters. The molecular weight excluding hydrogens is 214 g/mol.